The van der Waals surface area contributed by atoms with Gasteiger partial charge in [0.15, 0.2) is 0 Å². The maximum Gasteiger partial charge on any atom is 0.214 e. The van der Waals surface area contributed by atoms with Crippen molar-refractivity contribution in [2.24, 2.45) is 0 Å². The zero-order chi connectivity index (χ0) is 15.4. The topological polar surface area (TPSA) is 30.0 Å². The van der Waals surface area contributed by atoms with Gasteiger partial charge in [0, 0.05) is 15.8 Å². The molecule has 0 aliphatic rings. The van der Waals surface area contributed by atoms with E-state index in [1.807, 2.05) is 12.1 Å². The lowest BCUT2D eigenvalue weighted by Gasteiger charge is -2.07. The highest BCUT2D eigenvalue weighted by atomic mass is 79.9. The third-order valence-electron chi connectivity index (χ3n) is 2.77. The summed E-state index contributed by atoms with van der Waals surface area (Å²) in [5, 5.41) is 0.0116. The molecule has 2 aromatic rings. The first-order chi connectivity index (χ1) is 10.0. The van der Waals surface area contributed by atoms with Gasteiger partial charge in [0.25, 0.3) is 0 Å². The van der Waals surface area contributed by atoms with Crippen LogP contribution in [0, 0.1) is 5.82 Å². The summed E-state index contributed by atoms with van der Waals surface area (Å²) in [5.74, 6) is 1.02. The quantitative estimate of drug-likeness (QED) is 0.666. The molecule has 110 valence electrons. The number of thioether (sulfide) groups is 1. The Morgan fingerprint density at radius 2 is 2.19 bits per heavy atom. The van der Waals surface area contributed by atoms with Crippen LogP contribution in [-0.4, -0.2) is 16.5 Å². The SMILES string of the molecule is CCSCc1ccc(C(=O)c2ncc(F)cc2Cl)c(Br)c1. The van der Waals surface area contributed by atoms with E-state index in [9.17, 15) is 9.18 Å². The summed E-state index contributed by atoms with van der Waals surface area (Å²) >= 11 is 11.1. The summed E-state index contributed by atoms with van der Waals surface area (Å²) in [6, 6.07) is 6.63. The number of nitrogens with zero attached hydrogens (tertiary/aromatic N) is 1. The van der Waals surface area contributed by atoms with Crippen LogP contribution in [0.2, 0.25) is 5.02 Å². The average molecular weight is 389 g/mol. The van der Waals surface area contributed by atoms with Crippen molar-refractivity contribution in [3.8, 4) is 0 Å². The maximum absolute atomic E-state index is 13.0. The average Bonchev–Trinajstić information content (AvgIpc) is 2.44. The van der Waals surface area contributed by atoms with Gasteiger partial charge in [-0.05, 0) is 29.5 Å². The highest BCUT2D eigenvalue weighted by Crippen LogP contribution is 2.25. The molecule has 2 rings (SSSR count). The lowest BCUT2D eigenvalue weighted by molar-refractivity contribution is 0.103. The molecule has 0 aliphatic heterocycles. The van der Waals surface area contributed by atoms with Crippen molar-refractivity contribution in [2.75, 3.05) is 5.75 Å². The molecule has 0 aliphatic carbocycles. The van der Waals surface area contributed by atoms with Gasteiger partial charge in [-0.1, -0.05) is 40.5 Å². The van der Waals surface area contributed by atoms with Gasteiger partial charge in [0.05, 0.1) is 11.2 Å². The number of benzene rings is 1. The van der Waals surface area contributed by atoms with Crippen LogP contribution in [0.5, 0.6) is 0 Å². The molecule has 2 nitrogen and oxygen atoms in total. The minimum atomic E-state index is -0.567. The van der Waals surface area contributed by atoms with Crippen molar-refractivity contribution in [3.63, 3.8) is 0 Å². The Morgan fingerprint density at radius 3 is 2.81 bits per heavy atom. The minimum absolute atomic E-state index is 0.0116. The van der Waals surface area contributed by atoms with Gasteiger partial charge in [0.2, 0.25) is 5.78 Å². The molecule has 0 N–H and O–H groups in total. The lowest BCUT2D eigenvalue weighted by Crippen LogP contribution is -2.06. The van der Waals surface area contributed by atoms with Gasteiger partial charge in [-0.3, -0.25) is 4.79 Å². The second-order valence-corrected chi connectivity index (χ2v) is 6.80. The van der Waals surface area contributed by atoms with E-state index >= 15 is 0 Å². The minimum Gasteiger partial charge on any atom is -0.287 e. The van der Waals surface area contributed by atoms with Crippen molar-refractivity contribution in [1.29, 1.82) is 0 Å². The molecule has 6 heteroatoms. The molecule has 1 aromatic carbocycles. The maximum atomic E-state index is 13.0. The number of ketones is 1. The van der Waals surface area contributed by atoms with E-state index in [0.29, 0.717) is 10.0 Å². The molecule has 0 saturated heterocycles. The second kappa shape index (κ2) is 7.38. The third kappa shape index (κ3) is 4.05. The summed E-state index contributed by atoms with van der Waals surface area (Å²) in [6.45, 7) is 2.10. The van der Waals surface area contributed by atoms with E-state index in [-0.39, 0.29) is 16.5 Å². The van der Waals surface area contributed by atoms with E-state index in [2.05, 4.69) is 27.8 Å². The molecule has 0 radical (unpaired) electrons. The fourth-order valence-electron chi connectivity index (χ4n) is 1.76. The first kappa shape index (κ1) is 16.5. The molecule has 0 amide bonds. The zero-order valence-corrected chi connectivity index (χ0v) is 14.4. The number of pyridine rings is 1. The number of carbonyl (C=O) groups is 1. The van der Waals surface area contributed by atoms with Crippen LogP contribution < -0.4 is 0 Å². The molecule has 21 heavy (non-hydrogen) atoms. The number of rotatable bonds is 5. The van der Waals surface area contributed by atoms with Crippen LogP contribution in [0.1, 0.15) is 28.5 Å². The van der Waals surface area contributed by atoms with Crippen molar-refractivity contribution >= 4 is 45.1 Å². The molecule has 1 heterocycles. The Hall–Kier alpha value is -0.910. The Morgan fingerprint density at radius 1 is 1.43 bits per heavy atom. The fraction of sp³-hybridized carbons (Fsp3) is 0.200. The number of aromatic nitrogens is 1. The standard InChI is InChI=1S/C15H12BrClFNOS/c1-2-21-8-9-3-4-11(12(16)5-9)15(20)14-13(17)6-10(18)7-19-14/h3-7H,2,8H2,1H3. The van der Waals surface area contributed by atoms with E-state index in [1.165, 1.54) is 0 Å². The summed E-state index contributed by atoms with van der Waals surface area (Å²) in [5.41, 5.74) is 1.64. The molecule has 0 spiro atoms. The van der Waals surface area contributed by atoms with Gasteiger partial charge < -0.3 is 0 Å². The van der Waals surface area contributed by atoms with Crippen LogP contribution in [0.25, 0.3) is 0 Å². The third-order valence-corrected chi connectivity index (χ3v) is 4.66. The second-order valence-electron chi connectivity index (χ2n) is 4.26. The molecule has 0 unspecified atom stereocenters. The van der Waals surface area contributed by atoms with Gasteiger partial charge in [-0.25, -0.2) is 9.37 Å². The van der Waals surface area contributed by atoms with E-state index in [4.69, 9.17) is 11.6 Å². The van der Waals surface area contributed by atoms with Crippen molar-refractivity contribution in [1.82, 2.24) is 4.98 Å². The Kier molecular flexibility index (Phi) is 5.79. The van der Waals surface area contributed by atoms with Gasteiger partial charge in [-0.15, -0.1) is 0 Å². The van der Waals surface area contributed by atoms with Crippen molar-refractivity contribution in [3.05, 3.63) is 62.6 Å². The van der Waals surface area contributed by atoms with Gasteiger partial charge in [-0.2, -0.15) is 11.8 Å². The molecule has 0 fully saturated rings. The van der Waals surface area contributed by atoms with E-state index < -0.39 is 5.82 Å². The predicted molar refractivity (Wildman–Crippen MR) is 88.6 cm³/mol. The number of carbonyl (C=O) groups excluding carboxylic acids is 1. The lowest BCUT2D eigenvalue weighted by atomic mass is 10.1. The highest BCUT2D eigenvalue weighted by molar-refractivity contribution is 9.10. The van der Waals surface area contributed by atoms with E-state index in [0.717, 1.165) is 29.3 Å². The molecule has 0 atom stereocenters. The van der Waals surface area contributed by atoms with E-state index in [1.54, 1.807) is 17.8 Å². The zero-order valence-electron chi connectivity index (χ0n) is 11.2. The Labute approximate surface area is 140 Å². The number of hydrogen-bond acceptors (Lipinski definition) is 3. The summed E-state index contributed by atoms with van der Waals surface area (Å²) in [6.07, 6.45) is 0.985. The van der Waals surface area contributed by atoms with Gasteiger partial charge >= 0.3 is 0 Å². The van der Waals surface area contributed by atoms with Crippen molar-refractivity contribution in [2.45, 2.75) is 12.7 Å². The Balaban J connectivity index is 2.31. The largest absolute Gasteiger partial charge is 0.287 e. The Bertz CT molecular complexity index is 681. The van der Waals surface area contributed by atoms with Crippen LogP contribution in [0.3, 0.4) is 0 Å². The van der Waals surface area contributed by atoms with Crippen LogP contribution >= 0.6 is 39.3 Å². The van der Waals surface area contributed by atoms with Gasteiger partial charge in [0.1, 0.15) is 11.5 Å². The molecular weight excluding hydrogens is 377 g/mol. The smallest absolute Gasteiger partial charge is 0.214 e. The number of hydrogen-bond donors (Lipinski definition) is 0. The molecule has 0 saturated carbocycles. The molecule has 0 bridgehead atoms. The first-order valence-electron chi connectivity index (χ1n) is 6.24. The van der Waals surface area contributed by atoms with Crippen LogP contribution in [0.15, 0.2) is 34.9 Å². The monoisotopic (exact) mass is 387 g/mol. The first-order valence-corrected chi connectivity index (χ1v) is 8.57. The predicted octanol–water partition coefficient (Wildman–Crippen LogP) is 5.12. The normalized spacial score (nSPS) is 10.7. The highest BCUT2D eigenvalue weighted by Gasteiger charge is 2.18. The summed E-state index contributed by atoms with van der Waals surface area (Å²) in [7, 11) is 0. The number of halogens is 3. The van der Waals surface area contributed by atoms with Crippen molar-refractivity contribution < 1.29 is 9.18 Å². The summed E-state index contributed by atoms with van der Waals surface area (Å²) in [4.78, 5) is 16.2. The summed E-state index contributed by atoms with van der Waals surface area (Å²) < 4.78 is 13.7. The van der Waals surface area contributed by atoms with Crippen LogP contribution in [-0.2, 0) is 5.75 Å². The van der Waals surface area contributed by atoms with Crippen LogP contribution in [0.4, 0.5) is 4.39 Å². The fourth-order valence-corrected chi connectivity index (χ4v) is 3.23. The molecule has 1 aromatic heterocycles. The molecular formula is C15H12BrClFNOS.